The number of pyridine rings is 1. The van der Waals surface area contributed by atoms with Crippen LogP contribution in [-0.2, 0) is 6.54 Å². The molecule has 9 heteroatoms. The Balaban J connectivity index is 1.81. The van der Waals surface area contributed by atoms with E-state index in [0.29, 0.717) is 30.8 Å². The lowest BCUT2D eigenvalue weighted by Gasteiger charge is -2.20. The molecule has 0 fully saturated rings. The van der Waals surface area contributed by atoms with Gasteiger partial charge >= 0.3 is 0 Å². The van der Waals surface area contributed by atoms with Gasteiger partial charge in [0.15, 0.2) is 16.7 Å². The minimum absolute atomic E-state index is 0.0177. The Labute approximate surface area is 162 Å². The van der Waals surface area contributed by atoms with Gasteiger partial charge in [-0.2, -0.15) is 0 Å². The number of amides is 1. The van der Waals surface area contributed by atoms with Crippen molar-refractivity contribution in [2.45, 2.75) is 33.7 Å². The molecular weight excluding hydrogens is 364 g/mol. The molecule has 0 saturated heterocycles. The molecule has 0 aromatic carbocycles. The first-order valence-electron chi connectivity index (χ1n) is 8.55. The fourth-order valence-electron chi connectivity index (χ4n) is 3.12. The van der Waals surface area contributed by atoms with Crippen molar-refractivity contribution >= 4 is 40.1 Å². The molecule has 0 radical (unpaired) electrons. The summed E-state index contributed by atoms with van der Waals surface area (Å²) in [6, 6.07) is 3.23. The van der Waals surface area contributed by atoms with Crippen molar-refractivity contribution in [2.75, 3.05) is 12.3 Å². The second kappa shape index (κ2) is 7.36. The molecule has 0 aliphatic carbocycles. The van der Waals surface area contributed by atoms with Crippen LogP contribution in [-0.4, -0.2) is 37.0 Å². The van der Waals surface area contributed by atoms with E-state index in [0.717, 1.165) is 22.6 Å². The monoisotopic (exact) mass is 386 g/mol. The summed E-state index contributed by atoms with van der Waals surface area (Å²) in [6.07, 6.45) is 2.08. The normalized spacial score (nSPS) is 11.1. The van der Waals surface area contributed by atoms with Crippen molar-refractivity contribution in [3.8, 4) is 0 Å². The molecular formula is C18H22N6O2S. The summed E-state index contributed by atoms with van der Waals surface area (Å²) in [5, 5.41) is 0.0177. The molecule has 1 amide bonds. The van der Waals surface area contributed by atoms with Gasteiger partial charge in [0.1, 0.15) is 11.3 Å². The third-order valence-electron chi connectivity index (χ3n) is 4.59. The number of aryl methyl sites for hydroxylation is 4. The highest BCUT2D eigenvalue weighted by atomic mass is 32.1. The third kappa shape index (κ3) is 3.50. The zero-order valence-electron chi connectivity index (χ0n) is 15.5. The standard InChI is InChI=1S/C18H22N6O2S/c1-10-11(2)21-16(19)14-15(10)23(12(3)22-14)7-5-8-24(18(20)27)17(25)13-6-4-9-26-13/h4,6,9H,5,7-8H2,1-3H3,(H2,19,21)(H2,20,27). The maximum absolute atomic E-state index is 12.5. The molecule has 4 N–H and O–H groups in total. The van der Waals surface area contributed by atoms with Crippen LogP contribution >= 0.6 is 12.2 Å². The second-order valence-corrected chi connectivity index (χ2v) is 6.76. The Bertz CT molecular complexity index is 1010. The van der Waals surface area contributed by atoms with Gasteiger partial charge < -0.3 is 20.5 Å². The molecule has 0 saturated carbocycles. The van der Waals surface area contributed by atoms with E-state index in [1.54, 1.807) is 12.1 Å². The lowest BCUT2D eigenvalue weighted by Crippen LogP contribution is -2.41. The van der Waals surface area contributed by atoms with E-state index in [9.17, 15) is 4.79 Å². The molecule has 142 valence electrons. The molecule has 0 atom stereocenters. The summed E-state index contributed by atoms with van der Waals surface area (Å²) in [6.45, 7) is 6.86. The Morgan fingerprint density at radius 2 is 2.07 bits per heavy atom. The maximum atomic E-state index is 12.5. The van der Waals surface area contributed by atoms with Crippen LogP contribution in [0, 0.1) is 20.8 Å². The van der Waals surface area contributed by atoms with Crippen molar-refractivity contribution in [2.24, 2.45) is 5.73 Å². The van der Waals surface area contributed by atoms with E-state index in [4.69, 9.17) is 28.1 Å². The zero-order chi connectivity index (χ0) is 19.7. The topological polar surface area (TPSA) is 116 Å². The summed E-state index contributed by atoms with van der Waals surface area (Å²) in [7, 11) is 0. The lowest BCUT2D eigenvalue weighted by molar-refractivity contribution is 0.0815. The first kappa shape index (κ1) is 18.8. The van der Waals surface area contributed by atoms with Crippen LogP contribution in [0.15, 0.2) is 22.8 Å². The lowest BCUT2D eigenvalue weighted by atomic mass is 10.2. The van der Waals surface area contributed by atoms with Crippen LogP contribution in [0.3, 0.4) is 0 Å². The number of thiocarbonyl (C=S) groups is 1. The van der Waals surface area contributed by atoms with Crippen LogP contribution in [0.4, 0.5) is 5.82 Å². The molecule has 27 heavy (non-hydrogen) atoms. The number of nitrogens with two attached hydrogens (primary N) is 2. The van der Waals surface area contributed by atoms with Gasteiger partial charge in [-0.05, 0) is 57.1 Å². The van der Waals surface area contributed by atoms with E-state index < -0.39 is 0 Å². The van der Waals surface area contributed by atoms with Gasteiger partial charge in [-0.1, -0.05) is 0 Å². The first-order valence-corrected chi connectivity index (χ1v) is 8.96. The highest BCUT2D eigenvalue weighted by Gasteiger charge is 2.21. The Morgan fingerprint density at radius 3 is 2.70 bits per heavy atom. The number of hydrogen-bond donors (Lipinski definition) is 2. The summed E-state index contributed by atoms with van der Waals surface area (Å²) in [5.74, 6) is 1.12. The predicted molar refractivity (Wildman–Crippen MR) is 107 cm³/mol. The van der Waals surface area contributed by atoms with E-state index in [1.165, 1.54) is 11.2 Å². The Morgan fingerprint density at radius 1 is 1.33 bits per heavy atom. The molecule has 3 aromatic rings. The number of nitrogen functional groups attached to an aromatic ring is 1. The van der Waals surface area contributed by atoms with E-state index >= 15 is 0 Å². The van der Waals surface area contributed by atoms with E-state index in [1.807, 2.05) is 20.8 Å². The van der Waals surface area contributed by atoms with Crippen molar-refractivity contribution < 1.29 is 9.21 Å². The average Bonchev–Trinajstić information content (AvgIpc) is 3.24. The maximum Gasteiger partial charge on any atom is 0.295 e. The van der Waals surface area contributed by atoms with Crippen LogP contribution in [0.2, 0.25) is 0 Å². The number of carbonyl (C=O) groups is 1. The summed E-state index contributed by atoms with van der Waals surface area (Å²) in [4.78, 5) is 22.7. The highest BCUT2D eigenvalue weighted by molar-refractivity contribution is 7.80. The molecule has 3 heterocycles. The minimum Gasteiger partial charge on any atom is -0.459 e. The van der Waals surface area contributed by atoms with E-state index in [-0.39, 0.29) is 16.8 Å². The van der Waals surface area contributed by atoms with Gasteiger partial charge in [0, 0.05) is 18.8 Å². The molecule has 3 rings (SSSR count). The van der Waals surface area contributed by atoms with Gasteiger partial charge in [-0.25, -0.2) is 9.97 Å². The number of fused-ring (bicyclic) bond motifs is 1. The number of nitrogens with zero attached hydrogens (tertiary/aromatic N) is 4. The number of furan rings is 1. The van der Waals surface area contributed by atoms with Crippen molar-refractivity contribution in [1.29, 1.82) is 0 Å². The molecule has 3 aromatic heterocycles. The summed E-state index contributed by atoms with van der Waals surface area (Å²) < 4.78 is 7.24. The first-order chi connectivity index (χ1) is 12.8. The van der Waals surface area contributed by atoms with Gasteiger partial charge in [-0.3, -0.25) is 9.69 Å². The van der Waals surface area contributed by atoms with Gasteiger partial charge in [0.05, 0.1) is 11.8 Å². The second-order valence-electron chi connectivity index (χ2n) is 6.34. The predicted octanol–water partition coefficient (Wildman–Crippen LogP) is 2.31. The highest BCUT2D eigenvalue weighted by Crippen LogP contribution is 2.26. The van der Waals surface area contributed by atoms with Crippen LogP contribution in [0.1, 0.15) is 34.1 Å². The molecule has 0 unspecified atom stereocenters. The smallest absolute Gasteiger partial charge is 0.295 e. The van der Waals surface area contributed by atoms with Crippen molar-refractivity contribution in [3.63, 3.8) is 0 Å². The summed E-state index contributed by atoms with van der Waals surface area (Å²) in [5.41, 5.74) is 15.4. The zero-order valence-corrected chi connectivity index (χ0v) is 16.3. The fraction of sp³-hybridized carbons (Fsp3) is 0.333. The van der Waals surface area contributed by atoms with Crippen LogP contribution in [0.25, 0.3) is 11.0 Å². The Kier molecular flexibility index (Phi) is 5.13. The number of carbonyl (C=O) groups excluding carboxylic acids is 1. The third-order valence-corrected chi connectivity index (χ3v) is 4.81. The number of imidazole rings is 1. The largest absolute Gasteiger partial charge is 0.459 e. The number of aromatic nitrogens is 3. The van der Waals surface area contributed by atoms with Crippen molar-refractivity contribution in [1.82, 2.24) is 19.4 Å². The fourth-order valence-corrected chi connectivity index (χ4v) is 3.29. The van der Waals surface area contributed by atoms with E-state index in [2.05, 4.69) is 14.5 Å². The Hall–Kier alpha value is -2.94. The van der Waals surface area contributed by atoms with Gasteiger partial charge in [0.2, 0.25) is 0 Å². The van der Waals surface area contributed by atoms with Crippen molar-refractivity contribution in [3.05, 3.63) is 41.2 Å². The number of anilines is 1. The quantitative estimate of drug-likeness (QED) is 0.646. The average molecular weight is 386 g/mol. The molecule has 0 aliphatic rings. The number of rotatable bonds is 5. The minimum atomic E-state index is -0.347. The van der Waals surface area contributed by atoms with Gasteiger partial charge in [0.25, 0.3) is 5.91 Å². The summed E-state index contributed by atoms with van der Waals surface area (Å²) >= 11 is 5.04. The molecule has 0 bridgehead atoms. The van der Waals surface area contributed by atoms with Crippen LogP contribution in [0.5, 0.6) is 0 Å². The molecule has 0 spiro atoms. The SMILES string of the molecule is Cc1nc(N)c2nc(C)n(CCCN(C(=O)c3ccco3)C(N)=S)c2c1C. The number of hydrogen-bond acceptors (Lipinski definition) is 6. The molecule has 8 nitrogen and oxygen atoms in total. The van der Waals surface area contributed by atoms with Crippen LogP contribution < -0.4 is 11.5 Å². The molecule has 0 aliphatic heterocycles. The van der Waals surface area contributed by atoms with Gasteiger partial charge in [-0.15, -0.1) is 0 Å².